The van der Waals surface area contributed by atoms with Gasteiger partial charge in [-0.1, -0.05) is 46.0 Å². The Morgan fingerprint density at radius 3 is 2.29 bits per heavy atom. The number of unbranched alkanes of at least 4 members (excludes halogenated alkanes) is 5. The molecule has 0 aromatic carbocycles. The van der Waals surface area contributed by atoms with Crippen LogP contribution in [0.25, 0.3) is 0 Å². The number of hydrogen-bond donors (Lipinski definition) is 1. The van der Waals surface area contributed by atoms with Crippen molar-refractivity contribution in [3.63, 3.8) is 0 Å². The Bertz CT molecular complexity index is 145. The molecule has 0 bridgehead atoms. The van der Waals surface area contributed by atoms with Gasteiger partial charge in [0, 0.05) is 18.9 Å². The number of rotatable bonds is 9. The molecule has 0 spiro atoms. The van der Waals surface area contributed by atoms with Crippen molar-refractivity contribution in [3.05, 3.63) is 0 Å². The summed E-state index contributed by atoms with van der Waals surface area (Å²) in [5, 5.41) is 0. The first-order valence-corrected chi connectivity index (χ1v) is 5.95. The molecule has 14 heavy (non-hydrogen) atoms. The van der Waals surface area contributed by atoms with Crippen LogP contribution >= 0.6 is 0 Å². The molecular formula is C12H25NO. The van der Waals surface area contributed by atoms with E-state index in [2.05, 4.69) is 6.92 Å². The van der Waals surface area contributed by atoms with Gasteiger partial charge >= 0.3 is 0 Å². The van der Waals surface area contributed by atoms with Crippen LogP contribution in [0.1, 0.15) is 58.8 Å². The number of Topliss-reactive ketones (excluding diaryl/α,β-unsaturated/α-hetero) is 1. The second kappa shape index (κ2) is 9.20. The molecule has 0 saturated carbocycles. The van der Waals surface area contributed by atoms with Crippen LogP contribution in [-0.2, 0) is 4.79 Å². The first-order chi connectivity index (χ1) is 6.72. The summed E-state index contributed by atoms with van der Waals surface area (Å²) in [5.41, 5.74) is 5.42. The molecule has 0 fully saturated rings. The van der Waals surface area contributed by atoms with Gasteiger partial charge in [0.2, 0.25) is 0 Å². The molecule has 2 nitrogen and oxygen atoms in total. The number of carbonyl (C=O) groups excluding carboxylic acids is 1. The summed E-state index contributed by atoms with van der Waals surface area (Å²) in [6.07, 6.45) is 8.17. The fraction of sp³-hybridized carbons (Fsp3) is 0.917. The summed E-state index contributed by atoms with van der Waals surface area (Å²) >= 11 is 0. The zero-order valence-corrected chi connectivity index (χ0v) is 9.72. The summed E-state index contributed by atoms with van der Waals surface area (Å²) in [5.74, 6) is 0.397. The molecule has 0 heterocycles. The van der Waals surface area contributed by atoms with Crippen molar-refractivity contribution >= 4 is 5.78 Å². The molecule has 2 heteroatoms. The molecule has 0 amide bonds. The second-order valence-electron chi connectivity index (χ2n) is 4.12. The fourth-order valence-electron chi connectivity index (χ4n) is 1.46. The first-order valence-electron chi connectivity index (χ1n) is 5.95. The Morgan fingerprint density at radius 2 is 1.71 bits per heavy atom. The van der Waals surface area contributed by atoms with Crippen LogP contribution in [0, 0.1) is 5.92 Å². The van der Waals surface area contributed by atoms with Crippen molar-refractivity contribution in [2.75, 3.05) is 6.54 Å². The second-order valence-corrected chi connectivity index (χ2v) is 4.12. The third kappa shape index (κ3) is 7.07. The van der Waals surface area contributed by atoms with Crippen LogP contribution in [0.2, 0.25) is 0 Å². The fourth-order valence-corrected chi connectivity index (χ4v) is 1.46. The van der Waals surface area contributed by atoms with Crippen LogP contribution in [-0.4, -0.2) is 12.3 Å². The van der Waals surface area contributed by atoms with E-state index in [0.717, 1.165) is 12.8 Å². The lowest BCUT2D eigenvalue weighted by molar-refractivity contribution is -0.122. The van der Waals surface area contributed by atoms with Crippen molar-refractivity contribution in [3.8, 4) is 0 Å². The van der Waals surface area contributed by atoms with Gasteiger partial charge in [0.05, 0.1) is 0 Å². The number of carbonyl (C=O) groups is 1. The van der Waals surface area contributed by atoms with Gasteiger partial charge in [0.25, 0.3) is 0 Å². The molecule has 1 atom stereocenters. The van der Waals surface area contributed by atoms with Crippen LogP contribution in [0.4, 0.5) is 0 Å². The molecule has 0 saturated heterocycles. The van der Waals surface area contributed by atoms with Gasteiger partial charge in [-0.25, -0.2) is 0 Å². The van der Waals surface area contributed by atoms with Gasteiger partial charge in [0.15, 0.2) is 0 Å². The molecule has 0 aromatic heterocycles. The Morgan fingerprint density at radius 1 is 1.14 bits per heavy atom. The monoisotopic (exact) mass is 199 g/mol. The summed E-state index contributed by atoms with van der Waals surface area (Å²) in [4.78, 5) is 11.4. The Kier molecular flexibility index (Phi) is 8.95. The molecule has 0 rings (SSSR count). The largest absolute Gasteiger partial charge is 0.330 e. The molecule has 2 N–H and O–H groups in total. The minimum Gasteiger partial charge on any atom is -0.330 e. The molecule has 0 radical (unpaired) electrons. The molecule has 0 aliphatic carbocycles. The standard InChI is InChI=1S/C12H25NO/c1-3-4-5-6-7-8-9-12(14)11(2)10-13/h11H,3-10,13H2,1-2H3. The maximum absolute atomic E-state index is 11.4. The highest BCUT2D eigenvalue weighted by Gasteiger charge is 2.09. The van der Waals surface area contributed by atoms with Crippen LogP contribution in [0.15, 0.2) is 0 Å². The predicted octanol–water partition coefficient (Wildman–Crippen LogP) is 2.90. The van der Waals surface area contributed by atoms with Gasteiger partial charge in [0.1, 0.15) is 5.78 Å². The van der Waals surface area contributed by atoms with Gasteiger partial charge < -0.3 is 5.73 Å². The van der Waals surface area contributed by atoms with E-state index in [0.29, 0.717) is 12.3 Å². The number of ketones is 1. The van der Waals surface area contributed by atoms with Crippen molar-refractivity contribution in [2.24, 2.45) is 11.7 Å². The molecular weight excluding hydrogens is 174 g/mol. The van der Waals surface area contributed by atoms with E-state index in [-0.39, 0.29) is 5.92 Å². The maximum atomic E-state index is 11.4. The molecule has 0 aliphatic rings. The Hall–Kier alpha value is -0.370. The minimum atomic E-state index is 0.0608. The molecule has 0 aromatic rings. The summed E-state index contributed by atoms with van der Waals surface area (Å²) in [7, 11) is 0. The maximum Gasteiger partial charge on any atom is 0.136 e. The molecule has 0 aliphatic heterocycles. The van der Waals surface area contributed by atoms with E-state index in [1.807, 2.05) is 6.92 Å². The normalized spacial score (nSPS) is 12.8. The summed E-state index contributed by atoms with van der Waals surface area (Å²) in [6, 6.07) is 0. The predicted molar refractivity (Wildman–Crippen MR) is 61.2 cm³/mol. The number of hydrogen-bond acceptors (Lipinski definition) is 2. The molecule has 1 unspecified atom stereocenters. The third-order valence-corrected chi connectivity index (χ3v) is 2.68. The van der Waals surface area contributed by atoms with Gasteiger partial charge in [-0.05, 0) is 6.42 Å². The van der Waals surface area contributed by atoms with Gasteiger partial charge in [-0.3, -0.25) is 4.79 Å². The third-order valence-electron chi connectivity index (χ3n) is 2.68. The lowest BCUT2D eigenvalue weighted by atomic mass is 10.0. The van der Waals surface area contributed by atoms with E-state index >= 15 is 0 Å². The van der Waals surface area contributed by atoms with Crippen molar-refractivity contribution in [2.45, 2.75) is 58.8 Å². The lowest BCUT2D eigenvalue weighted by Crippen LogP contribution is -2.20. The van der Waals surface area contributed by atoms with Crippen molar-refractivity contribution in [1.29, 1.82) is 0 Å². The highest BCUT2D eigenvalue weighted by atomic mass is 16.1. The quantitative estimate of drug-likeness (QED) is 0.580. The van der Waals surface area contributed by atoms with Gasteiger partial charge in [-0.2, -0.15) is 0 Å². The van der Waals surface area contributed by atoms with Gasteiger partial charge in [-0.15, -0.1) is 0 Å². The average Bonchev–Trinajstić information content (AvgIpc) is 2.21. The topological polar surface area (TPSA) is 43.1 Å². The Labute approximate surface area is 88.3 Å². The minimum absolute atomic E-state index is 0.0608. The van der Waals surface area contributed by atoms with E-state index in [9.17, 15) is 4.79 Å². The zero-order valence-electron chi connectivity index (χ0n) is 9.72. The average molecular weight is 199 g/mol. The zero-order chi connectivity index (χ0) is 10.8. The van der Waals surface area contributed by atoms with E-state index in [1.165, 1.54) is 32.1 Å². The number of nitrogens with two attached hydrogens (primary N) is 1. The van der Waals surface area contributed by atoms with Crippen LogP contribution < -0.4 is 5.73 Å². The van der Waals surface area contributed by atoms with E-state index in [1.54, 1.807) is 0 Å². The van der Waals surface area contributed by atoms with Crippen molar-refractivity contribution in [1.82, 2.24) is 0 Å². The van der Waals surface area contributed by atoms with Crippen LogP contribution in [0.5, 0.6) is 0 Å². The Balaban J connectivity index is 3.23. The first kappa shape index (κ1) is 13.6. The van der Waals surface area contributed by atoms with Crippen LogP contribution in [0.3, 0.4) is 0 Å². The SMILES string of the molecule is CCCCCCCCC(=O)C(C)CN. The smallest absolute Gasteiger partial charge is 0.136 e. The molecule has 84 valence electrons. The summed E-state index contributed by atoms with van der Waals surface area (Å²) < 4.78 is 0. The van der Waals surface area contributed by atoms with Crippen molar-refractivity contribution < 1.29 is 4.79 Å². The summed E-state index contributed by atoms with van der Waals surface area (Å²) in [6.45, 7) is 4.63. The highest BCUT2D eigenvalue weighted by molar-refractivity contribution is 5.80. The van der Waals surface area contributed by atoms with E-state index in [4.69, 9.17) is 5.73 Å². The highest BCUT2D eigenvalue weighted by Crippen LogP contribution is 2.09. The lowest BCUT2D eigenvalue weighted by Gasteiger charge is -2.06. The van der Waals surface area contributed by atoms with E-state index < -0.39 is 0 Å².